The van der Waals surface area contributed by atoms with E-state index in [4.69, 9.17) is 4.74 Å². The topological polar surface area (TPSA) is 114 Å². The van der Waals surface area contributed by atoms with Crippen molar-refractivity contribution in [2.45, 2.75) is 57.7 Å². The van der Waals surface area contributed by atoms with E-state index in [9.17, 15) is 9.59 Å². The van der Waals surface area contributed by atoms with Gasteiger partial charge in [0.25, 0.3) is 0 Å². The molecule has 1 fully saturated rings. The maximum absolute atomic E-state index is 13.7. The van der Waals surface area contributed by atoms with Gasteiger partial charge in [-0.1, -0.05) is 43.2 Å². The van der Waals surface area contributed by atoms with Gasteiger partial charge in [-0.15, -0.1) is 0 Å². The molecule has 0 bridgehead atoms. The molecule has 1 aliphatic carbocycles. The van der Waals surface area contributed by atoms with Gasteiger partial charge in [0, 0.05) is 54.3 Å². The lowest BCUT2D eigenvalue weighted by atomic mass is 9.70. The molecule has 1 saturated carbocycles. The van der Waals surface area contributed by atoms with Crippen LogP contribution in [0.2, 0.25) is 0 Å². The summed E-state index contributed by atoms with van der Waals surface area (Å²) in [6.07, 6.45) is 16.6. The van der Waals surface area contributed by atoms with Crippen molar-refractivity contribution in [1.82, 2.24) is 30.2 Å². The SMILES string of the molecule is CC(=O)C1CCCCC1(NCCCn1ccnc1)C(=O)NC=Cc1c[nH]c2cnc(OCc3ccccc3)cc12. The Bertz CT molecular complexity index is 1450. The summed E-state index contributed by atoms with van der Waals surface area (Å²) in [4.78, 5) is 38.0. The van der Waals surface area contributed by atoms with Crippen LogP contribution >= 0.6 is 0 Å². The van der Waals surface area contributed by atoms with Gasteiger partial charge in [-0.2, -0.15) is 0 Å². The quantitative estimate of drug-likeness (QED) is 0.226. The second kappa shape index (κ2) is 12.7. The lowest BCUT2D eigenvalue weighted by Gasteiger charge is -2.42. The Balaban J connectivity index is 1.26. The predicted molar refractivity (Wildman–Crippen MR) is 154 cm³/mol. The van der Waals surface area contributed by atoms with Gasteiger partial charge in [0.15, 0.2) is 0 Å². The summed E-state index contributed by atoms with van der Waals surface area (Å²) in [5.41, 5.74) is 1.91. The van der Waals surface area contributed by atoms with Crippen LogP contribution in [0.1, 0.15) is 50.2 Å². The number of rotatable bonds is 12. The van der Waals surface area contributed by atoms with Gasteiger partial charge in [-0.3, -0.25) is 9.59 Å². The number of carbonyl (C=O) groups excluding carboxylic acids is 2. The number of ketones is 1. The zero-order valence-corrected chi connectivity index (χ0v) is 22.8. The first kappa shape index (κ1) is 27.3. The van der Waals surface area contributed by atoms with E-state index in [-0.39, 0.29) is 17.6 Å². The third-order valence-electron chi connectivity index (χ3n) is 7.68. The summed E-state index contributed by atoms with van der Waals surface area (Å²) in [5, 5.41) is 7.43. The monoisotopic (exact) mass is 540 g/mol. The number of Topliss-reactive ketones (excluding diaryl/α,β-unsaturated/α-hetero) is 1. The molecule has 5 rings (SSSR count). The molecule has 9 nitrogen and oxygen atoms in total. The summed E-state index contributed by atoms with van der Waals surface area (Å²) in [5.74, 6) is 0.0548. The van der Waals surface area contributed by atoms with Crippen LogP contribution in [0, 0.1) is 5.92 Å². The van der Waals surface area contributed by atoms with Crippen molar-refractivity contribution >= 4 is 28.7 Å². The fourth-order valence-electron chi connectivity index (χ4n) is 5.59. The van der Waals surface area contributed by atoms with Gasteiger partial charge in [0.1, 0.15) is 17.9 Å². The van der Waals surface area contributed by atoms with Crippen LogP contribution in [0.3, 0.4) is 0 Å². The maximum atomic E-state index is 13.7. The molecule has 0 spiro atoms. The summed E-state index contributed by atoms with van der Waals surface area (Å²) >= 11 is 0. The third-order valence-corrected chi connectivity index (χ3v) is 7.68. The predicted octanol–water partition coefficient (Wildman–Crippen LogP) is 4.62. The zero-order chi connectivity index (χ0) is 27.8. The number of nitrogens with one attached hydrogen (secondary N) is 3. The molecule has 0 radical (unpaired) electrons. The van der Waals surface area contributed by atoms with Gasteiger partial charge in [-0.25, -0.2) is 9.97 Å². The number of carbonyl (C=O) groups is 2. The fraction of sp³-hybridized carbons (Fsp3) is 0.355. The number of pyridine rings is 1. The number of imidazole rings is 1. The van der Waals surface area contributed by atoms with Crippen LogP contribution in [0.5, 0.6) is 5.88 Å². The number of H-pyrrole nitrogens is 1. The Morgan fingerprint density at radius 3 is 2.92 bits per heavy atom. The number of aryl methyl sites for hydroxylation is 1. The van der Waals surface area contributed by atoms with Crippen LogP contribution in [-0.4, -0.2) is 43.3 Å². The first-order chi connectivity index (χ1) is 19.5. The molecule has 4 aromatic rings. The van der Waals surface area contributed by atoms with Crippen molar-refractivity contribution in [2.75, 3.05) is 6.54 Å². The number of aromatic amines is 1. The Kier molecular flexibility index (Phi) is 8.71. The average molecular weight is 541 g/mol. The number of ether oxygens (including phenoxy) is 1. The molecule has 3 aromatic heterocycles. The molecule has 0 aliphatic heterocycles. The second-order valence-corrected chi connectivity index (χ2v) is 10.4. The van der Waals surface area contributed by atoms with E-state index in [1.54, 1.807) is 31.8 Å². The number of amides is 1. The van der Waals surface area contributed by atoms with Gasteiger partial charge in [0.05, 0.1) is 18.0 Å². The van der Waals surface area contributed by atoms with E-state index in [1.165, 1.54) is 0 Å². The summed E-state index contributed by atoms with van der Waals surface area (Å²) in [6, 6.07) is 11.8. The van der Waals surface area contributed by atoms with Crippen molar-refractivity contribution in [1.29, 1.82) is 0 Å². The fourth-order valence-corrected chi connectivity index (χ4v) is 5.59. The lowest BCUT2D eigenvalue weighted by Crippen LogP contribution is -2.63. The molecule has 1 aliphatic rings. The first-order valence-electron chi connectivity index (χ1n) is 13.9. The van der Waals surface area contributed by atoms with Crippen molar-refractivity contribution in [3.8, 4) is 5.88 Å². The maximum Gasteiger partial charge on any atom is 0.244 e. The standard InChI is InChI=1S/C31H36N6O3/c1-23(38)27-10-5-6-12-31(27,36-13-7-16-37-17-15-32-22-37)30(39)33-14-11-25-19-34-28-20-35-29(18-26(25)28)40-21-24-8-3-2-4-9-24/h2-4,8-9,11,14-15,17-20,22,27,34,36H,5-7,10,12-13,16,21H2,1H3,(H,33,39). The van der Waals surface area contributed by atoms with E-state index in [0.717, 1.165) is 47.8 Å². The van der Waals surface area contributed by atoms with Crippen molar-refractivity contribution in [3.05, 3.63) is 84.8 Å². The first-order valence-corrected chi connectivity index (χ1v) is 13.9. The highest BCUT2D eigenvalue weighted by molar-refractivity contribution is 5.95. The van der Waals surface area contributed by atoms with E-state index in [0.29, 0.717) is 31.9 Å². The number of hydrogen-bond acceptors (Lipinski definition) is 6. The van der Waals surface area contributed by atoms with Gasteiger partial charge >= 0.3 is 0 Å². The highest BCUT2D eigenvalue weighted by Crippen LogP contribution is 2.35. The Morgan fingerprint density at radius 2 is 2.12 bits per heavy atom. The summed E-state index contributed by atoms with van der Waals surface area (Å²) in [6.45, 7) is 3.44. The number of fused-ring (bicyclic) bond motifs is 1. The van der Waals surface area contributed by atoms with Crippen molar-refractivity contribution in [2.24, 2.45) is 5.92 Å². The normalized spacial score (nSPS) is 19.2. The Morgan fingerprint density at radius 1 is 1.25 bits per heavy atom. The molecule has 3 N–H and O–H groups in total. The average Bonchev–Trinajstić information content (AvgIpc) is 3.65. The number of benzene rings is 1. The van der Waals surface area contributed by atoms with E-state index in [2.05, 4.69) is 25.6 Å². The number of nitrogens with zero attached hydrogens (tertiary/aromatic N) is 3. The summed E-state index contributed by atoms with van der Waals surface area (Å²) < 4.78 is 7.91. The lowest BCUT2D eigenvalue weighted by molar-refractivity contribution is -0.137. The van der Waals surface area contributed by atoms with Crippen molar-refractivity contribution in [3.63, 3.8) is 0 Å². The van der Waals surface area contributed by atoms with Crippen LogP contribution in [0.25, 0.3) is 17.0 Å². The molecule has 40 heavy (non-hydrogen) atoms. The van der Waals surface area contributed by atoms with Gasteiger partial charge in [-0.05, 0) is 44.4 Å². The van der Waals surface area contributed by atoms with E-state index in [1.807, 2.05) is 59.4 Å². The Hall–Kier alpha value is -4.24. The minimum atomic E-state index is -0.925. The van der Waals surface area contributed by atoms with E-state index >= 15 is 0 Å². The molecule has 2 atom stereocenters. The smallest absolute Gasteiger partial charge is 0.244 e. The third kappa shape index (κ3) is 6.31. The number of aromatic nitrogens is 4. The molecular weight excluding hydrogens is 504 g/mol. The molecule has 3 heterocycles. The van der Waals surface area contributed by atoms with Gasteiger partial charge < -0.3 is 24.9 Å². The minimum absolute atomic E-state index is 0.0492. The van der Waals surface area contributed by atoms with Crippen LogP contribution in [-0.2, 0) is 22.7 Å². The van der Waals surface area contributed by atoms with Gasteiger partial charge in [0.2, 0.25) is 11.8 Å². The largest absolute Gasteiger partial charge is 0.473 e. The minimum Gasteiger partial charge on any atom is -0.473 e. The van der Waals surface area contributed by atoms with Crippen LogP contribution in [0.15, 0.2) is 73.7 Å². The van der Waals surface area contributed by atoms with E-state index < -0.39 is 5.54 Å². The van der Waals surface area contributed by atoms with Crippen LogP contribution < -0.4 is 15.4 Å². The number of hydrogen-bond donors (Lipinski definition) is 3. The molecule has 1 amide bonds. The second-order valence-electron chi connectivity index (χ2n) is 10.4. The zero-order valence-electron chi connectivity index (χ0n) is 22.8. The molecule has 9 heteroatoms. The van der Waals surface area contributed by atoms with Crippen molar-refractivity contribution < 1.29 is 14.3 Å². The summed E-state index contributed by atoms with van der Waals surface area (Å²) in [7, 11) is 0. The molecular formula is C31H36N6O3. The molecule has 1 aromatic carbocycles. The van der Waals surface area contributed by atoms with Crippen LogP contribution in [0.4, 0.5) is 0 Å². The highest BCUT2D eigenvalue weighted by Gasteiger charge is 2.48. The molecule has 2 unspecified atom stereocenters. The highest BCUT2D eigenvalue weighted by atomic mass is 16.5. The molecule has 208 valence electrons. The molecule has 0 saturated heterocycles. The Labute approximate surface area is 234 Å².